The summed E-state index contributed by atoms with van der Waals surface area (Å²) in [5.74, 6) is 0. The third-order valence-corrected chi connectivity index (χ3v) is 5.12. The van der Waals surface area contributed by atoms with Crippen LogP contribution in [0.1, 0.15) is 11.1 Å². The average molecular weight is 302 g/mol. The summed E-state index contributed by atoms with van der Waals surface area (Å²) in [4.78, 5) is 4.21. The second-order valence-electron chi connectivity index (χ2n) is 4.82. The molecule has 0 aliphatic heterocycles. The average Bonchev–Trinajstić information content (AvgIpc) is 2.92. The number of benzene rings is 1. The van der Waals surface area contributed by atoms with Crippen LogP contribution in [0.2, 0.25) is 0 Å². The summed E-state index contributed by atoms with van der Waals surface area (Å²) < 4.78 is 26.6. The first-order chi connectivity index (χ1) is 10.0. The smallest absolute Gasteiger partial charge is 0.268 e. The molecule has 0 atom stereocenters. The molecule has 0 spiro atoms. The van der Waals surface area contributed by atoms with Gasteiger partial charge in [-0.3, -0.25) is 4.98 Å². The molecule has 1 aromatic carbocycles. The third kappa shape index (κ3) is 2.22. The van der Waals surface area contributed by atoms with Gasteiger partial charge in [0, 0.05) is 23.3 Å². The summed E-state index contributed by atoms with van der Waals surface area (Å²) in [5, 5.41) is 9.98. The Hall–Kier alpha value is -2.18. The molecule has 0 aliphatic rings. The van der Waals surface area contributed by atoms with Crippen LogP contribution in [-0.2, 0) is 16.6 Å². The van der Waals surface area contributed by atoms with Gasteiger partial charge in [-0.05, 0) is 25.1 Å². The zero-order valence-corrected chi connectivity index (χ0v) is 12.2. The van der Waals surface area contributed by atoms with E-state index < -0.39 is 10.0 Å². The molecule has 0 saturated carbocycles. The Bertz CT molecular complexity index is 896. The van der Waals surface area contributed by atoms with Crippen molar-refractivity contribution in [1.82, 2.24) is 8.96 Å². The predicted octanol–water partition coefficient (Wildman–Crippen LogP) is 2.07. The zero-order chi connectivity index (χ0) is 15.0. The van der Waals surface area contributed by atoms with Crippen molar-refractivity contribution in [3.63, 3.8) is 0 Å². The highest BCUT2D eigenvalue weighted by Gasteiger charge is 2.19. The number of hydrogen-bond donors (Lipinski definition) is 1. The van der Waals surface area contributed by atoms with Crippen LogP contribution in [0.3, 0.4) is 0 Å². The molecule has 3 rings (SSSR count). The number of aliphatic hydroxyl groups is 1. The summed E-state index contributed by atoms with van der Waals surface area (Å²) in [6.07, 6.45) is 4.51. The minimum Gasteiger partial charge on any atom is -0.392 e. The Morgan fingerprint density at radius 1 is 1.14 bits per heavy atom. The molecule has 5 nitrogen and oxygen atoms in total. The van der Waals surface area contributed by atoms with E-state index in [0.717, 1.165) is 5.56 Å². The van der Waals surface area contributed by atoms with E-state index in [1.165, 1.54) is 22.6 Å². The fourth-order valence-corrected chi connectivity index (χ4v) is 3.58. The van der Waals surface area contributed by atoms with Gasteiger partial charge in [0.05, 0.1) is 23.2 Å². The van der Waals surface area contributed by atoms with Crippen LogP contribution in [-0.4, -0.2) is 22.5 Å². The number of rotatable bonds is 3. The van der Waals surface area contributed by atoms with Gasteiger partial charge < -0.3 is 5.11 Å². The van der Waals surface area contributed by atoms with E-state index >= 15 is 0 Å². The van der Waals surface area contributed by atoms with Crippen molar-refractivity contribution in [1.29, 1.82) is 0 Å². The van der Waals surface area contributed by atoms with E-state index in [9.17, 15) is 13.5 Å². The zero-order valence-electron chi connectivity index (χ0n) is 11.4. The summed E-state index contributed by atoms with van der Waals surface area (Å²) >= 11 is 0. The minimum atomic E-state index is -3.67. The van der Waals surface area contributed by atoms with Crippen LogP contribution >= 0.6 is 0 Å². The second kappa shape index (κ2) is 4.98. The molecule has 0 saturated heterocycles. The molecular formula is C15H14N2O3S. The maximum atomic E-state index is 12.7. The topological polar surface area (TPSA) is 72.2 Å². The number of hydrogen-bond acceptors (Lipinski definition) is 4. The number of aryl methyl sites for hydroxylation is 1. The van der Waals surface area contributed by atoms with Gasteiger partial charge in [-0.1, -0.05) is 17.7 Å². The molecule has 0 amide bonds. The van der Waals surface area contributed by atoms with Gasteiger partial charge >= 0.3 is 0 Å². The summed E-state index contributed by atoms with van der Waals surface area (Å²) in [7, 11) is -3.67. The molecule has 2 aromatic heterocycles. The van der Waals surface area contributed by atoms with Crippen LogP contribution in [0.25, 0.3) is 10.9 Å². The monoisotopic (exact) mass is 302 g/mol. The Balaban J connectivity index is 2.22. The van der Waals surface area contributed by atoms with Gasteiger partial charge in [0.2, 0.25) is 0 Å². The third-order valence-electron chi connectivity index (χ3n) is 3.41. The molecule has 0 unspecified atom stereocenters. The van der Waals surface area contributed by atoms with Crippen molar-refractivity contribution >= 4 is 20.9 Å². The van der Waals surface area contributed by atoms with Crippen molar-refractivity contribution < 1.29 is 13.5 Å². The maximum Gasteiger partial charge on any atom is 0.268 e. The van der Waals surface area contributed by atoms with E-state index in [1.54, 1.807) is 30.3 Å². The molecule has 0 aliphatic carbocycles. The number of nitrogens with zero attached hydrogens (tertiary/aromatic N) is 2. The molecule has 0 bridgehead atoms. The molecule has 6 heteroatoms. The molecule has 0 fully saturated rings. The summed E-state index contributed by atoms with van der Waals surface area (Å²) in [5.41, 5.74) is 2.06. The second-order valence-corrected chi connectivity index (χ2v) is 6.63. The lowest BCUT2D eigenvalue weighted by Gasteiger charge is -2.08. The van der Waals surface area contributed by atoms with Gasteiger partial charge in [-0.15, -0.1) is 0 Å². The Morgan fingerprint density at radius 2 is 1.86 bits per heavy atom. The minimum absolute atomic E-state index is 0.182. The predicted molar refractivity (Wildman–Crippen MR) is 79.4 cm³/mol. The number of aliphatic hydroxyl groups excluding tert-OH is 1. The standard InChI is InChI=1S/C15H14N2O3S/c1-11-2-4-13(5-3-11)21(19,20)17-7-6-14-12(10-18)8-16-9-15(14)17/h2-9,18H,10H2,1H3. The number of pyridine rings is 1. The highest BCUT2D eigenvalue weighted by atomic mass is 32.2. The van der Waals surface area contributed by atoms with Crippen LogP contribution in [0.4, 0.5) is 0 Å². The normalized spacial score (nSPS) is 11.9. The Morgan fingerprint density at radius 3 is 2.52 bits per heavy atom. The van der Waals surface area contributed by atoms with Gasteiger partial charge in [-0.25, -0.2) is 12.4 Å². The molecule has 21 heavy (non-hydrogen) atoms. The molecule has 3 aromatic rings. The molecule has 108 valence electrons. The fraction of sp³-hybridized carbons (Fsp3) is 0.133. The maximum absolute atomic E-state index is 12.7. The van der Waals surface area contributed by atoms with E-state index in [4.69, 9.17) is 0 Å². The summed E-state index contributed by atoms with van der Waals surface area (Å²) in [6, 6.07) is 8.36. The molecule has 2 heterocycles. The van der Waals surface area contributed by atoms with Gasteiger partial charge in [-0.2, -0.15) is 0 Å². The lowest BCUT2D eigenvalue weighted by Crippen LogP contribution is -2.11. The first kappa shape index (κ1) is 13.8. The highest BCUT2D eigenvalue weighted by molar-refractivity contribution is 7.90. The van der Waals surface area contributed by atoms with Crippen molar-refractivity contribution in [2.24, 2.45) is 0 Å². The van der Waals surface area contributed by atoms with Crippen molar-refractivity contribution in [3.8, 4) is 0 Å². The van der Waals surface area contributed by atoms with E-state index in [0.29, 0.717) is 16.5 Å². The quantitative estimate of drug-likeness (QED) is 0.804. The SMILES string of the molecule is Cc1ccc(S(=O)(=O)n2ccc3c(CO)cncc32)cc1. The molecule has 1 N–H and O–H groups in total. The van der Waals surface area contributed by atoms with Crippen molar-refractivity contribution in [2.75, 3.05) is 0 Å². The lowest BCUT2D eigenvalue weighted by molar-refractivity contribution is 0.283. The van der Waals surface area contributed by atoms with Crippen LogP contribution in [0.15, 0.2) is 53.8 Å². The first-order valence-electron chi connectivity index (χ1n) is 6.41. The number of aromatic nitrogens is 2. The highest BCUT2D eigenvalue weighted by Crippen LogP contribution is 2.24. The van der Waals surface area contributed by atoms with Crippen LogP contribution < -0.4 is 0 Å². The Labute approximate surface area is 122 Å². The van der Waals surface area contributed by atoms with Crippen LogP contribution in [0, 0.1) is 6.92 Å². The van der Waals surface area contributed by atoms with Gasteiger partial charge in [0.15, 0.2) is 0 Å². The van der Waals surface area contributed by atoms with Crippen molar-refractivity contribution in [2.45, 2.75) is 18.4 Å². The van der Waals surface area contributed by atoms with E-state index in [1.807, 2.05) is 6.92 Å². The lowest BCUT2D eigenvalue weighted by atomic mass is 10.2. The van der Waals surface area contributed by atoms with E-state index in [2.05, 4.69) is 4.98 Å². The van der Waals surface area contributed by atoms with Gasteiger partial charge in [0.1, 0.15) is 0 Å². The summed E-state index contributed by atoms with van der Waals surface area (Å²) in [6.45, 7) is 1.72. The largest absolute Gasteiger partial charge is 0.392 e. The van der Waals surface area contributed by atoms with Crippen molar-refractivity contribution in [3.05, 3.63) is 60.0 Å². The first-order valence-corrected chi connectivity index (χ1v) is 7.85. The van der Waals surface area contributed by atoms with Gasteiger partial charge in [0.25, 0.3) is 10.0 Å². The molecule has 0 radical (unpaired) electrons. The van der Waals surface area contributed by atoms with Crippen LogP contribution in [0.5, 0.6) is 0 Å². The van der Waals surface area contributed by atoms with E-state index in [-0.39, 0.29) is 11.5 Å². The number of fused-ring (bicyclic) bond motifs is 1. The Kier molecular flexibility index (Phi) is 3.27. The fourth-order valence-electron chi connectivity index (χ4n) is 2.25. The molecular weight excluding hydrogens is 288 g/mol.